The van der Waals surface area contributed by atoms with E-state index in [-0.39, 0.29) is 65.6 Å². The maximum atomic E-state index is 13.7. The van der Waals surface area contributed by atoms with Crippen molar-refractivity contribution in [2.24, 2.45) is 15.0 Å². The van der Waals surface area contributed by atoms with Crippen LogP contribution in [0, 0.1) is 0 Å². The number of anilines is 9. The fourth-order valence-electron chi connectivity index (χ4n) is 15.9. The predicted octanol–water partition coefficient (Wildman–Crippen LogP) is 14.4. The average molecular weight is 1740 g/mol. The quantitative estimate of drug-likeness (QED) is 0.0224. The zero-order valence-electron chi connectivity index (χ0n) is 75.3. The van der Waals surface area contributed by atoms with Gasteiger partial charge < -0.3 is 93.2 Å². The Bertz CT molecular complexity index is 5750. The number of urea groups is 3. The van der Waals surface area contributed by atoms with Gasteiger partial charge in [0.2, 0.25) is 17.7 Å². The second-order valence-corrected chi connectivity index (χ2v) is 34.2. The normalized spacial score (nSPS) is 15.7. The minimum Gasteiger partial charge on any atom is -0.340 e. The monoisotopic (exact) mass is 1740 g/mol. The molecule has 14 rings (SSSR count). The third kappa shape index (κ3) is 23.6. The van der Waals surface area contributed by atoms with Crippen molar-refractivity contribution in [1.82, 2.24) is 45.3 Å². The standard InChI is InChI=1S/C35H39N7O3.C35H41N7O3.C29H35N7O3/c1-6-31(43)37-25-15-10-14-24(18-25)33(44)39-27-17-11-16-26(19-27)38-32-28-21-42(35(2,3)29(28)20-36-32)34(45)40-30(22-41(4)5)23-12-8-7-9-13-23;1-6-31(43)37-25-17-15-24(16-18-25)33(44)39-27-14-10-13-26(19-27)38-32-28-21-42(35(2,3)29(28)20-36-32)34(45)40-30(22-41(4)5)23-11-8-7-9-12-23;1-6-25(37)32-20-12-10-19(11-13-20)27(38)34-22-9-7-8-21(16-22)33-26-23-18-36(28(39)30-14-15-35(4)5)29(2,3)24(23)17-31-26/h6-19,30H,1,20-22H2,2-5H3,(H,36,38)(H,37,43)(H,39,44)(H,40,45);7-19,30H,6,20-22H2,1-5H3,(H,36,38)(H,37,43)(H,39,44)(H,40,45);6-13,16H,1,14-15,17-18H2,2-5H3,(H,30,39)(H,31,33)(H,32,37)(H,34,38)/t2*30-;/m11./s1. The van der Waals surface area contributed by atoms with Crippen LogP contribution >= 0.6 is 0 Å². The molecule has 0 unspecified atom stereocenters. The molecule has 0 radical (unpaired) electrons. The van der Waals surface area contributed by atoms with Crippen LogP contribution in [0.4, 0.5) is 65.6 Å². The molecule has 670 valence electrons. The minimum absolute atomic E-state index is 0.0832. The average Bonchev–Trinajstić information content (AvgIpc) is 1.60. The third-order valence-electron chi connectivity index (χ3n) is 23.1. The molecular formula is C99H115N21O9. The highest BCUT2D eigenvalue weighted by atomic mass is 16.2. The zero-order chi connectivity index (χ0) is 92.4. The first-order chi connectivity index (χ1) is 61.7. The first-order valence-corrected chi connectivity index (χ1v) is 42.8. The Kier molecular flexibility index (Phi) is 30.2. The highest BCUT2D eigenvalue weighted by Gasteiger charge is 2.49. The van der Waals surface area contributed by atoms with Crippen molar-refractivity contribution in [2.45, 2.75) is 83.6 Å². The van der Waals surface area contributed by atoms with Gasteiger partial charge >= 0.3 is 18.1 Å². The van der Waals surface area contributed by atoms with Crippen LogP contribution in [0.3, 0.4) is 0 Å². The fraction of sp³-hybridized carbons (Fsp3) is 0.293. The highest BCUT2D eigenvalue weighted by Crippen LogP contribution is 2.42. The molecule has 12 amide bonds. The highest BCUT2D eigenvalue weighted by molar-refractivity contribution is 6.15. The van der Waals surface area contributed by atoms with Crippen LogP contribution in [0.1, 0.15) is 109 Å². The number of rotatable bonds is 26. The minimum atomic E-state index is -0.513. The number of carbonyl (C=O) groups is 9. The summed E-state index contributed by atoms with van der Waals surface area (Å²) in [5, 5.41) is 36.6. The van der Waals surface area contributed by atoms with E-state index in [1.807, 2.05) is 183 Å². The van der Waals surface area contributed by atoms with Crippen molar-refractivity contribution in [3.8, 4) is 0 Å². The molecule has 129 heavy (non-hydrogen) atoms. The van der Waals surface area contributed by atoms with E-state index in [2.05, 4.69) is 128 Å². The molecule has 0 bridgehead atoms. The van der Waals surface area contributed by atoms with Crippen molar-refractivity contribution >= 4 is 122 Å². The van der Waals surface area contributed by atoms with Gasteiger partial charge in [0.05, 0.1) is 68.0 Å². The van der Waals surface area contributed by atoms with Gasteiger partial charge in [0.1, 0.15) is 17.5 Å². The molecule has 0 fully saturated rings. The van der Waals surface area contributed by atoms with Crippen LogP contribution in [0.25, 0.3) is 0 Å². The summed E-state index contributed by atoms with van der Waals surface area (Å²) >= 11 is 0. The Labute approximate surface area is 753 Å². The lowest BCUT2D eigenvalue weighted by molar-refractivity contribution is -0.116. The molecule has 6 heterocycles. The van der Waals surface area contributed by atoms with E-state index in [4.69, 9.17) is 15.0 Å². The van der Waals surface area contributed by atoms with Crippen LogP contribution in [0.5, 0.6) is 0 Å². The number of carbonyl (C=O) groups excluding carboxylic acids is 9. The molecule has 8 aromatic rings. The molecule has 0 saturated carbocycles. The smallest absolute Gasteiger partial charge is 0.318 e. The molecule has 6 aliphatic rings. The second-order valence-electron chi connectivity index (χ2n) is 34.2. The number of nitrogens with zero attached hydrogens (tertiary/aromatic N) is 9. The summed E-state index contributed by atoms with van der Waals surface area (Å²) in [5.74, 6) is 0.592. The van der Waals surface area contributed by atoms with E-state index in [1.165, 1.54) is 12.2 Å². The van der Waals surface area contributed by atoms with Gasteiger partial charge in [-0.3, -0.25) is 43.7 Å². The molecule has 12 N–H and O–H groups in total. The summed E-state index contributed by atoms with van der Waals surface area (Å²) in [7, 11) is 11.9. The number of amides is 12. The number of likely N-dealkylation sites (N-methyl/N-ethyl adjacent to an activating group) is 3. The number of hydrogen-bond donors (Lipinski definition) is 12. The van der Waals surface area contributed by atoms with E-state index < -0.39 is 16.6 Å². The van der Waals surface area contributed by atoms with E-state index in [0.717, 1.165) is 85.7 Å². The first kappa shape index (κ1) is 93.5. The largest absolute Gasteiger partial charge is 0.340 e. The maximum absolute atomic E-state index is 13.7. The van der Waals surface area contributed by atoms with Gasteiger partial charge in [-0.05, 0) is 245 Å². The van der Waals surface area contributed by atoms with Crippen molar-refractivity contribution in [2.75, 3.05) is 156 Å². The summed E-state index contributed by atoms with van der Waals surface area (Å²) in [4.78, 5) is 140. The van der Waals surface area contributed by atoms with Crippen LogP contribution in [0.2, 0.25) is 0 Å². The summed E-state index contributed by atoms with van der Waals surface area (Å²) < 4.78 is 0. The molecule has 6 aliphatic heterocycles. The van der Waals surface area contributed by atoms with Gasteiger partial charge in [0.15, 0.2) is 0 Å². The Hall–Kier alpha value is -14.6. The molecule has 30 nitrogen and oxygen atoms in total. The number of aliphatic imine (C=N–C) groups is 3. The van der Waals surface area contributed by atoms with Crippen molar-refractivity contribution in [3.05, 3.63) is 293 Å². The molecule has 0 aromatic heterocycles. The van der Waals surface area contributed by atoms with E-state index in [9.17, 15) is 43.2 Å². The topological polar surface area (TPSA) is 355 Å². The molecule has 0 aliphatic carbocycles. The summed E-state index contributed by atoms with van der Waals surface area (Å²) in [6.45, 7) is 26.6. The van der Waals surface area contributed by atoms with Gasteiger partial charge in [-0.2, -0.15) is 0 Å². The Morgan fingerprint density at radius 3 is 1.07 bits per heavy atom. The second kappa shape index (κ2) is 41.7. The first-order valence-electron chi connectivity index (χ1n) is 42.8. The lowest BCUT2D eigenvalue weighted by Crippen LogP contribution is -2.52. The summed E-state index contributed by atoms with van der Waals surface area (Å²) in [6, 6.07) is 61.7. The Morgan fingerprint density at radius 1 is 0.380 bits per heavy atom. The lowest BCUT2D eigenvalue weighted by Gasteiger charge is -2.36. The maximum Gasteiger partial charge on any atom is 0.318 e. The summed E-state index contributed by atoms with van der Waals surface area (Å²) in [5.41, 5.74) is 14.3. The molecular weight excluding hydrogens is 1630 g/mol. The molecule has 8 aromatic carbocycles. The molecule has 2 atom stereocenters. The number of benzene rings is 8. The van der Waals surface area contributed by atoms with E-state index >= 15 is 0 Å². The zero-order valence-corrected chi connectivity index (χ0v) is 75.3. The van der Waals surface area contributed by atoms with Gasteiger partial charge in [-0.15, -0.1) is 0 Å². The van der Waals surface area contributed by atoms with Gasteiger partial charge in [0, 0.05) is 117 Å². The fourth-order valence-corrected chi connectivity index (χ4v) is 15.9. The number of amidine groups is 3. The summed E-state index contributed by atoms with van der Waals surface area (Å²) in [6.07, 6.45) is 2.74. The third-order valence-corrected chi connectivity index (χ3v) is 23.1. The van der Waals surface area contributed by atoms with Crippen molar-refractivity contribution in [1.29, 1.82) is 0 Å². The van der Waals surface area contributed by atoms with Crippen LogP contribution < -0.4 is 63.8 Å². The predicted molar refractivity (Wildman–Crippen MR) is 515 cm³/mol. The molecule has 0 saturated heterocycles. The van der Waals surface area contributed by atoms with Crippen molar-refractivity contribution < 1.29 is 43.2 Å². The number of hydrogen-bond acceptors (Lipinski definition) is 18. The van der Waals surface area contributed by atoms with Gasteiger partial charge in [-0.1, -0.05) is 105 Å². The van der Waals surface area contributed by atoms with Crippen LogP contribution in [-0.2, 0) is 14.4 Å². The Balaban J connectivity index is 0.000000176. The van der Waals surface area contributed by atoms with Gasteiger partial charge in [0.25, 0.3) is 17.7 Å². The van der Waals surface area contributed by atoms with Crippen molar-refractivity contribution in [3.63, 3.8) is 0 Å². The molecule has 30 heteroatoms. The SMILES string of the molecule is C=CC(=O)Nc1ccc(C(=O)Nc2cccc(NC3=NCC4=C3CN(C(=O)NCCN(C)C)C4(C)C)c2)cc1.C=CC(=O)Nc1cccc(C(=O)Nc2cccc(NC3=NCC4=C3CN(C(=O)N[C@H](CN(C)C)c3ccccc3)C4(C)C)c2)c1.CCC(=O)Nc1ccc(C(=O)Nc2cccc(NC3=NCC4=C3CN(C(=O)N[C@H](CN(C)C)c3ccccc3)C4(C)C)c2)cc1. The lowest BCUT2D eigenvalue weighted by atomic mass is 9.94. The number of nitrogens with one attached hydrogen (secondary N) is 12. The van der Waals surface area contributed by atoms with E-state index in [1.54, 1.807) is 91.9 Å². The van der Waals surface area contributed by atoms with Gasteiger partial charge in [-0.25, -0.2) is 14.4 Å². The van der Waals surface area contributed by atoms with E-state index in [0.29, 0.717) is 116 Å². The van der Waals surface area contributed by atoms with Crippen LogP contribution in [-0.4, -0.2) is 225 Å². The van der Waals surface area contributed by atoms with Crippen LogP contribution in [0.15, 0.2) is 280 Å². The molecule has 0 spiro atoms. The Morgan fingerprint density at radius 2 is 0.713 bits per heavy atom.